The van der Waals surface area contributed by atoms with E-state index in [1.165, 1.54) is 4.84 Å². The average Bonchev–Trinajstić information content (AvgIpc) is 1.65. The zero-order chi connectivity index (χ0) is 5.86. The molecule has 1 N–H and O–H groups in total. The minimum atomic E-state index is -3.02. The van der Waals surface area contributed by atoms with Crippen molar-refractivity contribution in [3.05, 3.63) is 0 Å². The zero-order valence-electron chi connectivity index (χ0n) is 3.12. The van der Waals surface area contributed by atoms with Crippen LogP contribution in [-0.4, -0.2) is 12.3 Å². The Bertz CT molecular complexity index is 76.1. The lowest BCUT2D eigenvalue weighted by Crippen LogP contribution is -2.20. The predicted molar refractivity (Wildman–Crippen MR) is 20.0 cm³/mol. The molecule has 0 rings (SSSR count). The first-order valence-electron chi connectivity index (χ1n) is 1.37. The molecule has 0 spiro atoms. The molecule has 0 fully saturated rings. The third-order valence-corrected chi connectivity index (χ3v) is 0.478. The summed E-state index contributed by atoms with van der Waals surface area (Å²) in [4.78, 5) is 10.8. The average molecular weight is 129 g/mol. The summed E-state index contributed by atoms with van der Waals surface area (Å²) in [6.07, 6.45) is -3.02. The van der Waals surface area contributed by atoms with Crippen LogP contribution in [0.15, 0.2) is 0 Å². The SMILES string of the molecule is O=C(NCl)C(F)F. The first kappa shape index (κ1) is 6.62. The predicted octanol–water partition coefficient (Wildman–Crippen LogP) is 0.521. The summed E-state index contributed by atoms with van der Waals surface area (Å²) in [5, 5.41) is 0. The standard InChI is InChI=1S/C2H2ClF2NO/c3-6-2(7)1(4)5/h1H,(H,6,7). The van der Waals surface area contributed by atoms with Gasteiger partial charge in [-0.2, -0.15) is 8.78 Å². The third-order valence-electron chi connectivity index (χ3n) is 0.291. The molecule has 0 aliphatic carbocycles. The van der Waals surface area contributed by atoms with Crippen LogP contribution < -0.4 is 4.84 Å². The van der Waals surface area contributed by atoms with E-state index >= 15 is 0 Å². The van der Waals surface area contributed by atoms with Gasteiger partial charge in [0.2, 0.25) is 0 Å². The largest absolute Gasteiger partial charge is 0.316 e. The summed E-state index contributed by atoms with van der Waals surface area (Å²) in [7, 11) is 0. The lowest BCUT2D eigenvalue weighted by molar-refractivity contribution is -0.129. The Labute approximate surface area is 43.6 Å². The minimum absolute atomic E-state index is 1.25. The number of amides is 1. The van der Waals surface area contributed by atoms with Gasteiger partial charge in [-0.05, 0) is 0 Å². The van der Waals surface area contributed by atoms with Crippen LogP contribution in [-0.2, 0) is 4.79 Å². The zero-order valence-corrected chi connectivity index (χ0v) is 3.88. The highest BCUT2D eigenvalue weighted by Crippen LogP contribution is 1.89. The van der Waals surface area contributed by atoms with E-state index in [-0.39, 0.29) is 0 Å². The highest BCUT2D eigenvalue weighted by atomic mass is 35.5. The lowest BCUT2D eigenvalue weighted by Gasteiger charge is -1.89. The first-order valence-corrected chi connectivity index (χ1v) is 1.75. The van der Waals surface area contributed by atoms with Crippen molar-refractivity contribution >= 4 is 17.7 Å². The molecule has 0 aliphatic heterocycles. The molecule has 0 radical (unpaired) electrons. The molecule has 0 saturated heterocycles. The van der Waals surface area contributed by atoms with Crippen LogP contribution in [0.3, 0.4) is 0 Å². The summed E-state index contributed by atoms with van der Waals surface area (Å²) in [6, 6.07) is 0. The van der Waals surface area contributed by atoms with Crippen molar-refractivity contribution in [1.29, 1.82) is 0 Å². The fraction of sp³-hybridized carbons (Fsp3) is 0.500. The number of hydrogen-bond donors (Lipinski definition) is 1. The maximum Gasteiger partial charge on any atom is 0.316 e. The number of halogens is 3. The highest BCUT2D eigenvalue weighted by molar-refractivity contribution is 6.21. The van der Waals surface area contributed by atoms with Gasteiger partial charge in [-0.3, -0.25) is 9.63 Å². The van der Waals surface area contributed by atoms with Gasteiger partial charge in [0.1, 0.15) is 0 Å². The van der Waals surface area contributed by atoms with Gasteiger partial charge in [0, 0.05) is 11.8 Å². The molecule has 7 heavy (non-hydrogen) atoms. The van der Waals surface area contributed by atoms with Gasteiger partial charge < -0.3 is 0 Å². The Kier molecular flexibility index (Phi) is 2.59. The van der Waals surface area contributed by atoms with Crippen LogP contribution in [0.1, 0.15) is 0 Å². The van der Waals surface area contributed by atoms with E-state index < -0.39 is 12.3 Å². The van der Waals surface area contributed by atoms with E-state index in [1.807, 2.05) is 0 Å². The Hall–Kier alpha value is -0.380. The van der Waals surface area contributed by atoms with Gasteiger partial charge in [-0.25, -0.2) is 0 Å². The van der Waals surface area contributed by atoms with Crippen molar-refractivity contribution in [2.45, 2.75) is 6.43 Å². The van der Waals surface area contributed by atoms with Crippen molar-refractivity contribution in [3.63, 3.8) is 0 Å². The Balaban J connectivity index is 3.35. The molecule has 42 valence electrons. The topological polar surface area (TPSA) is 29.1 Å². The lowest BCUT2D eigenvalue weighted by atomic mass is 10.7. The van der Waals surface area contributed by atoms with E-state index in [4.69, 9.17) is 0 Å². The quantitative estimate of drug-likeness (QED) is 0.514. The number of alkyl halides is 2. The highest BCUT2D eigenvalue weighted by Gasteiger charge is 2.11. The van der Waals surface area contributed by atoms with Crippen LogP contribution in [0.2, 0.25) is 0 Å². The second-order valence-electron chi connectivity index (χ2n) is 0.759. The molecule has 0 saturated carbocycles. The van der Waals surface area contributed by atoms with E-state index in [0.29, 0.717) is 0 Å². The molecule has 0 atom stereocenters. The van der Waals surface area contributed by atoms with E-state index in [1.54, 1.807) is 0 Å². The minimum Gasteiger partial charge on any atom is -0.267 e. The second-order valence-corrected chi connectivity index (χ2v) is 0.948. The fourth-order valence-corrected chi connectivity index (χ4v) is 0.124. The number of nitrogens with one attached hydrogen (secondary N) is 1. The monoisotopic (exact) mass is 129 g/mol. The fourth-order valence-electron chi connectivity index (χ4n) is 0.0412. The Morgan fingerprint density at radius 1 is 1.71 bits per heavy atom. The summed E-state index contributed by atoms with van der Waals surface area (Å²) in [6.45, 7) is 0. The first-order chi connectivity index (χ1) is 3.18. The van der Waals surface area contributed by atoms with Gasteiger partial charge in [-0.15, -0.1) is 0 Å². The van der Waals surface area contributed by atoms with E-state index in [2.05, 4.69) is 11.8 Å². The molecule has 0 unspecified atom stereocenters. The normalized spacial score (nSPS) is 9.14. The molecule has 2 nitrogen and oxygen atoms in total. The van der Waals surface area contributed by atoms with Gasteiger partial charge in [0.15, 0.2) is 0 Å². The second kappa shape index (κ2) is 2.74. The summed E-state index contributed by atoms with van der Waals surface area (Å²) >= 11 is 4.47. The molecule has 0 heterocycles. The molecule has 0 aromatic rings. The van der Waals surface area contributed by atoms with Crippen LogP contribution in [0.25, 0.3) is 0 Å². The molecule has 0 aromatic carbocycles. The van der Waals surface area contributed by atoms with Crippen molar-refractivity contribution < 1.29 is 13.6 Å². The molecule has 0 bridgehead atoms. The molecular formula is C2H2ClF2NO. The smallest absolute Gasteiger partial charge is 0.267 e. The van der Waals surface area contributed by atoms with Gasteiger partial charge in [0.05, 0.1) is 0 Å². The number of hydrogen-bond acceptors (Lipinski definition) is 1. The molecule has 5 heteroatoms. The van der Waals surface area contributed by atoms with E-state index in [0.717, 1.165) is 0 Å². The maximum absolute atomic E-state index is 10.9. The third kappa shape index (κ3) is 2.33. The Morgan fingerprint density at radius 2 is 2.14 bits per heavy atom. The summed E-state index contributed by atoms with van der Waals surface area (Å²) < 4.78 is 21.9. The van der Waals surface area contributed by atoms with Gasteiger partial charge in [-0.1, -0.05) is 0 Å². The Morgan fingerprint density at radius 3 is 2.14 bits per heavy atom. The number of carbonyl (C=O) groups excluding carboxylic acids is 1. The maximum atomic E-state index is 10.9. The van der Waals surface area contributed by atoms with Crippen molar-refractivity contribution in [2.75, 3.05) is 0 Å². The van der Waals surface area contributed by atoms with Crippen LogP contribution in [0.5, 0.6) is 0 Å². The summed E-state index contributed by atoms with van der Waals surface area (Å²) in [5.41, 5.74) is 0. The van der Waals surface area contributed by atoms with Crippen LogP contribution >= 0.6 is 11.8 Å². The van der Waals surface area contributed by atoms with Crippen molar-refractivity contribution in [1.82, 2.24) is 4.84 Å². The van der Waals surface area contributed by atoms with Crippen LogP contribution in [0.4, 0.5) is 8.78 Å². The molecule has 0 aliphatic rings. The number of carbonyl (C=O) groups is 1. The summed E-state index contributed by atoms with van der Waals surface area (Å²) in [5.74, 6) is -1.47. The van der Waals surface area contributed by atoms with Crippen LogP contribution in [0, 0.1) is 0 Å². The number of rotatable bonds is 1. The molecular weight excluding hydrogens is 127 g/mol. The van der Waals surface area contributed by atoms with E-state index in [9.17, 15) is 13.6 Å². The van der Waals surface area contributed by atoms with Gasteiger partial charge in [0.25, 0.3) is 0 Å². The van der Waals surface area contributed by atoms with Crippen molar-refractivity contribution in [3.8, 4) is 0 Å². The van der Waals surface area contributed by atoms with Gasteiger partial charge >= 0.3 is 12.3 Å². The van der Waals surface area contributed by atoms with Crippen molar-refractivity contribution in [2.24, 2.45) is 0 Å². The molecule has 1 amide bonds. The molecule has 0 aromatic heterocycles.